The highest BCUT2D eigenvalue weighted by Crippen LogP contribution is 2.30. The highest BCUT2D eigenvalue weighted by Gasteiger charge is 2.13. The molecule has 26 heavy (non-hydrogen) atoms. The summed E-state index contributed by atoms with van der Waals surface area (Å²) in [5.74, 6) is 1.43. The zero-order chi connectivity index (χ0) is 17.6. The molecule has 1 aliphatic heterocycles. The Morgan fingerprint density at radius 3 is 2.62 bits per heavy atom. The molecule has 0 amide bonds. The number of thiazole rings is 1. The molecule has 0 aliphatic carbocycles. The Morgan fingerprint density at radius 2 is 1.81 bits per heavy atom. The van der Waals surface area contributed by atoms with Gasteiger partial charge >= 0.3 is 0 Å². The summed E-state index contributed by atoms with van der Waals surface area (Å²) in [5.41, 5.74) is 2.30. The Balaban J connectivity index is 1.43. The van der Waals surface area contributed by atoms with E-state index in [0.717, 1.165) is 54.1 Å². The summed E-state index contributed by atoms with van der Waals surface area (Å²) in [6.07, 6.45) is 2.89. The lowest BCUT2D eigenvalue weighted by Crippen LogP contribution is -2.25. The van der Waals surface area contributed by atoms with Gasteiger partial charge in [0.2, 0.25) is 0 Å². The smallest absolute Gasteiger partial charge is 0.188 e. The van der Waals surface area contributed by atoms with Crippen LogP contribution < -0.4 is 16.0 Å². The van der Waals surface area contributed by atoms with Crippen molar-refractivity contribution in [3.05, 3.63) is 60.4 Å². The molecule has 0 bridgehead atoms. The molecule has 0 unspecified atom stereocenters. The quantitative estimate of drug-likeness (QED) is 0.648. The van der Waals surface area contributed by atoms with Crippen LogP contribution in [0.15, 0.2) is 54.7 Å². The highest BCUT2D eigenvalue weighted by molar-refractivity contribution is 7.18. The predicted octanol–water partition coefficient (Wildman–Crippen LogP) is 3.30. The fourth-order valence-corrected chi connectivity index (χ4v) is 3.97. The number of pyridine rings is 1. The normalized spacial score (nSPS) is 15.5. The molecule has 0 atom stereocenters. The Morgan fingerprint density at radius 1 is 1.00 bits per heavy atom. The molecule has 1 fully saturated rings. The predicted molar refractivity (Wildman–Crippen MR) is 108 cm³/mol. The number of aromatic nitrogens is 2. The average Bonchev–Trinajstić information content (AvgIpc) is 2.98. The Labute approximate surface area is 157 Å². The highest BCUT2D eigenvalue weighted by atomic mass is 32.1. The van der Waals surface area contributed by atoms with Crippen molar-refractivity contribution in [2.45, 2.75) is 6.42 Å². The largest absolute Gasteiger partial charge is 0.316 e. The van der Waals surface area contributed by atoms with E-state index in [4.69, 9.17) is 4.98 Å². The van der Waals surface area contributed by atoms with E-state index in [1.54, 1.807) is 11.3 Å². The standard InChI is InChI=1S/C20H23N5S/c1-2-5-16(6-3-1)18-14-23-20(26-18)25-19-8-4-7-17(24-19)11-15-12-21-9-10-22-13-15/h1-8,14-15,21-22H,9-13H2,(H,23,24,25). The van der Waals surface area contributed by atoms with Crippen LogP contribution in [0.5, 0.6) is 0 Å². The summed E-state index contributed by atoms with van der Waals surface area (Å²) >= 11 is 1.64. The summed E-state index contributed by atoms with van der Waals surface area (Å²) in [4.78, 5) is 10.4. The fourth-order valence-electron chi connectivity index (χ4n) is 3.14. The lowest BCUT2D eigenvalue weighted by molar-refractivity contribution is 0.492. The minimum atomic E-state index is 0.574. The van der Waals surface area contributed by atoms with Crippen LogP contribution in [0.3, 0.4) is 0 Å². The third-order valence-electron chi connectivity index (χ3n) is 4.45. The van der Waals surface area contributed by atoms with E-state index in [1.165, 1.54) is 5.56 Å². The Bertz CT molecular complexity index is 825. The van der Waals surface area contributed by atoms with E-state index in [0.29, 0.717) is 5.92 Å². The van der Waals surface area contributed by atoms with E-state index in [2.05, 4.69) is 45.2 Å². The van der Waals surface area contributed by atoms with Gasteiger partial charge in [0.05, 0.1) is 4.88 Å². The molecule has 5 nitrogen and oxygen atoms in total. The second-order valence-electron chi connectivity index (χ2n) is 6.51. The molecule has 0 saturated carbocycles. The van der Waals surface area contributed by atoms with Gasteiger partial charge in [0.25, 0.3) is 0 Å². The average molecular weight is 366 g/mol. The minimum Gasteiger partial charge on any atom is -0.316 e. The molecular formula is C20H23N5S. The Kier molecular flexibility index (Phi) is 5.54. The molecule has 4 rings (SSSR count). The third kappa shape index (κ3) is 4.46. The molecule has 3 N–H and O–H groups in total. The molecule has 6 heteroatoms. The van der Waals surface area contributed by atoms with Crippen molar-refractivity contribution in [2.24, 2.45) is 5.92 Å². The van der Waals surface area contributed by atoms with Crippen LogP contribution >= 0.6 is 11.3 Å². The first-order chi connectivity index (χ1) is 12.9. The van der Waals surface area contributed by atoms with E-state index in [9.17, 15) is 0 Å². The lowest BCUT2D eigenvalue weighted by Gasteiger charge is -2.14. The third-order valence-corrected chi connectivity index (χ3v) is 5.41. The number of rotatable bonds is 5. The first-order valence-electron chi connectivity index (χ1n) is 9.02. The fraction of sp³-hybridized carbons (Fsp3) is 0.300. The van der Waals surface area contributed by atoms with Gasteiger partial charge in [-0.15, -0.1) is 0 Å². The van der Waals surface area contributed by atoms with Crippen molar-refractivity contribution in [1.29, 1.82) is 0 Å². The van der Waals surface area contributed by atoms with Gasteiger partial charge in [0.1, 0.15) is 5.82 Å². The van der Waals surface area contributed by atoms with E-state index < -0.39 is 0 Å². The zero-order valence-corrected chi connectivity index (χ0v) is 15.4. The summed E-state index contributed by atoms with van der Waals surface area (Å²) < 4.78 is 0. The molecule has 0 spiro atoms. The van der Waals surface area contributed by atoms with Crippen LogP contribution in [0.25, 0.3) is 10.4 Å². The number of nitrogens with zero attached hydrogens (tertiary/aromatic N) is 2. The Hall–Kier alpha value is -2.28. The zero-order valence-electron chi connectivity index (χ0n) is 14.6. The van der Waals surface area contributed by atoms with Gasteiger partial charge in [-0.25, -0.2) is 9.97 Å². The van der Waals surface area contributed by atoms with Gasteiger partial charge in [0.15, 0.2) is 5.13 Å². The van der Waals surface area contributed by atoms with E-state index in [1.807, 2.05) is 30.5 Å². The topological polar surface area (TPSA) is 61.9 Å². The summed E-state index contributed by atoms with van der Waals surface area (Å²) in [6, 6.07) is 16.5. The molecule has 1 aliphatic rings. The van der Waals surface area contributed by atoms with Crippen LogP contribution in [-0.2, 0) is 6.42 Å². The molecule has 2 aromatic heterocycles. The van der Waals surface area contributed by atoms with Gasteiger partial charge in [0, 0.05) is 25.0 Å². The van der Waals surface area contributed by atoms with Crippen LogP contribution in [0.4, 0.5) is 10.9 Å². The van der Waals surface area contributed by atoms with Crippen molar-refractivity contribution in [1.82, 2.24) is 20.6 Å². The molecule has 3 heterocycles. The van der Waals surface area contributed by atoms with Crippen LogP contribution in [0.2, 0.25) is 0 Å². The van der Waals surface area contributed by atoms with Gasteiger partial charge in [-0.05, 0) is 43.1 Å². The minimum absolute atomic E-state index is 0.574. The molecule has 3 aromatic rings. The van der Waals surface area contributed by atoms with Crippen molar-refractivity contribution in [2.75, 3.05) is 31.5 Å². The number of benzene rings is 1. The second kappa shape index (κ2) is 8.40. The maximum Gasteiger partial charge on any atom is 0.188 e. The van der Waals surface area contributed by atoms with Crippen molar-refractivity contribution >= 4 is 22.3 Å². The van der Waals surface area contributed by atoms with E-state index in [-0.39, 0.29) is 0 Å². The summed E-state index contributed by atoms with van der Waals surface area (Å²) in [5, 5.41) is 11.2. The van der Waals surface area contributed by atoms with Crippen molar-refractivity contribution < 1.29 is 0 Å². The summed E-state index contributed by atoms with van der Waals surface area (Å²) in [6.45, 7) is 4.16. The maximum absolute atomic E-state index is 4.77. The lowest BCUT2D eigenvalue weighted by atomic mass is 10.0. The molecule has 1 aromatic carbocycles. The van der Waals surface area contributed by atoms with E-state index >= 15 is 0 Å². The summed E-state index contributed by atoms with van der Waals surface area (Å²) in [7, 11) is 0. The van der Waals surface area contributed by atoms with Crippen molar-refractivity contribution in [3.8, 4) is 10.4 Å². The van der Waals surface area contributed by atoms with Gasteiger partial charge in [-0.3, -0.25) is 0 Å². The first-order valence-corrected chi connectivity index (χ1v) is 9.84. The first kappa shape index (κ1) is 17.1. The van der Waals surface area contributed by atoms with Gasteiger partial charge in [-0.2, -0.15) is 0 Å². The number of anilines is 2. The van der Waals surface area contributed by atoms with Crippen LogP contribution in [-0.4, -0.2) is 36.1 Å². The SMILES string of the molecule is c1ccc(-c2cnc(Nc3cccc(CC4CNCCNC4)n3)s2)cc1. The van der Waals surface area contributed by atoms with Gasteiger partial charge in [-0.1, -0.05) is 47.7 Å². The number of hydrogen-bond donors (Lipinski definition) is 3. The van der Waals surface area contributed by atoms with Crippen LogP contribution in [0.1, 0.15) is 5.69 Å². The molecule has 0 radical (unpaired) electrons. The molecule has 1 saturated heterocycles. The van der Waals surface area contributed by atoms with Crippen molar-refractivity contribution in [3.63, 3.8) is 0 Å². The monoisotopic (exact) mass is 365 g/mol. The van der Waals surface area contributed by atoms with Crippen LogP contribution in [0, 0.1) is 5.92 Å². The number of nitrogens with one attached hydrogen (secondary N) is 3. The molecule has 134 valence electrons. The second-order valence-corrected chi connectivity index (χ2v) is 7.54. The maximum atomic E-state index is 4.77. The number of hydrogen-bond acceptors (Lipinski definition) is 6. The molecular weight excluding hydrogens is 342 g/mol. The van der Waals surface area contributed by atoms with Gasteiger partial charge < -0.3 is 16.0 Å².